The van der Waals surface area contributed by atoms with Crippen molar-refractivity contribution in [3.05, 3.63) is 11.6 Å². The highest BCUT2D eigenvalue weighted by Gasteiger charge is 2.31. The molecule has 0 aromatic carbocycles. The van der Waals surface area contributed by atoms with Gasteiger partial charge in [0.1, 0.15) is 0 Å². The Morgan fingerprint density at radius 3 is 2.67 bits per heavy atom. The second-order valence-corrected chi connectivity index (χ2v) is 8.44. The number of thiazole rings is 1. The lowest BCUT2D eigenvalue weighted by atomic mass is 10.2. The highest BCUT2D eigenvalue weighted by atomic mass is 32.2. The van der Waals surface area contributed by atoms with Gasteiger partial charge in [-0.1, -0.05) is 0 Å². The van der Waals surface area contributed by atoms with Gasteiger partial charge in [-0.2, -0.15) is 0 Å². The number of nitrogens with zero attached hydrogens (tertiary/aromatic N) is 3. The summed E-state index contributed by atoms with van der Waals surface area (Å²) < 4.78 is 22.8. The molecule has 2 aliphatic heterocycles. The summed E-state index contributed by atoms with van der Waals surface area (Å²) in [7, 11) is -2.96. The summed E-state index contributed by atoms with van der Waals surface area (Å²) in [6, 6.07) is -0.393. The quantitative estimate of drug-likeness (QED) is 0.835. The van der Waals surface area contributed by atoms with E-state index in [1.54, 1.807) is 22.4 Å². The van der Waals surface area contributed by atoms with Gasteiger partial charge in [-0.05, 0) is 6.42 Å². The van der Waals surface area contributed by atoms with Crippen LogP contribution in [0.3, 0.4) is 0 Å². The molecule has 0 spiro atoms. The van der Waals surface area contributed by atoms with E-state index in [-0.39, 0.29) is 23.6 Å². The van der Waals surface area contributed by atoms with Crippen molar-refractivity contribution in [1.82, 2.24) is 15.2 Å². The number of hydrogen-bond donors (Lipinski definition) is 1. The van der Waals surface area contributed by atoms with E-state index in [1.807, 2.05) is 5.38 Å². The fourth-order valence-electron chi connectivity index (χ4n) is 2.65. The Balaban J connectivity index is 1.49. The smallest absolute Gasteiger partial charge is 0.317 e. The minimum absolute atomic E-state index is 0.0673. The van der Waals surface area contributed by atoms with Crippen LogP contribution in [0.5, 0.6) is 0 Å². The number of carbonyl (C=O) groups is 1. The number of carbonyl (C=O) groups excluding carboxylic acids is 1. The van der Waals surface area contributed by atoms with Crippen LogP contribution in [0, 0.1) is 0 Å². The summed E-state index contributed by atoms with van der Waals surface area (Å²) in [5.74, 6) is 0.244. The van der Waals surface area contributed by atoms with Gasteiger partial charge in [0, 0.05) is 43.8 Å². The van der Waals surface area contributed by atoms with Crippen LogP contribution in [0.2, 0.25) is 0 Å². The molecular formula is C12H18N4O3S2. The van der Waals surface area contributed by atoms with E-state index in [0.717, 1.165) is 18.2 Å². The van der Waals surface area contributed by atoms with E-state index in [9.17, 15) is 13.2 Å². The third-order valence-corrected chi connectivity index (χ3v) is 6.42. The Morgan fingerprint density at radius 2 is 2.10 bits per heavy atom. The Kier molecular flexibility index (Phi) is 4.03. The molecule has 0 aliphatic carbocycles. The van der Waals surface area contributed by atoms with E-state index in [4.69, 9.17) is 0 Å². The molecule has 3 heterocycles. The molecule has 2 amide bonds. The van der Waals surface area contributed by atoms with Gasteiger partial charge in [-0.3, -0.25) is 0 Å². The van der Waals surface area contributed by atoms with E-state index >= 15 is 0 Å². The summed E-state index contributed by atoms with van der Waals surface area (Å²) in [4.78, 5) is 20.3. The fourth-order valence-corrected chi connectivity index (χ4v) is 5.02. The molecule has 0 saturated carbocycles. The Bertz CT molecular complexity index is 594. The van der Waals surface area contributed by atoms with Gasteiger partial charge in [0.05, 0.1) is 11.5 Å². The first kappa shape index (κ1) is 14.6. The Labute approximate surface area is 127 Å². The van der Waals surface area contributed by atoms with Gasteiger partial charge in [0.2, 0.25) is 0 Å². The molecule has 3 rings (SSSR count). The molecule has 1 unspecified atom stereocenters. The number of piperazine rings is 1. The van der Waals surface area contributed by atoms with Crippen molar-refractivity contribution in [2.75, 3.05) is 42.6 Å². The van der Waals surface area contributed by atoms with E-state index in [1.165, 1.54) is 0 Å². The molecule has 1 atom stereocenters. The zero-order valence-electron chi connectivity index (χ0n) is 11.6. The number of anilines is 1. The molecule has 2 aliphatic rings. The third-order valence-electron chi connectivity index (χ3n) is 3.82. The molecular weight excluding hydrogens is 312 g/mol. The predicted molar refractivity (Wildman–Crippen MR) is 81.5 cm³/mol. The molecule has 1 aromatic rings. The first-order valence-electron chi connectivity index (χ1n) is 6.94. The molecule has 21 heavy (non-hydrogen) atoms. The second-order valence-electron chi connectivity index (χ2n) is 5.34. The van der Waals surface area contributed by atoms with Gasteiger partial charge in [0.15, 0.2) is 15.0 Å². The number of nitrogens with one attached hydrogen (secondary N) is 1. The number of rotatable bonds is 2. The number of sulfone groups is 1. The van der Waals surface area contributed by atoms with Crippen LogP contribution in [-0.4, -0.2) is 68.1 Å². The van der Waals surface area contributed by atoms with Crippen LogP contribution in [0.4, 0.5) is 9.93 Å². The van der Waals surface area contributed by atoms with Crippen molar-refractivity contribution in [3.8, 4) is 0 Å². The summed E-state index contributed by atoms with van der Waals surface area (Å²) in [5, 5.41) is 5.75. The molecule has 0 bridgehead atoms. The fraction of sp³-hybridized carbons (Fsp3) is 0.667. The summed E-state index contributed by atoms with van der Waals surface area (Å²) in [5.41, 5.74) is 0. The van der Waals surface area contributed by atoms with Crippen LogP contribution in [0.15, 0.2) is 11.6 Å². The molecule has 1 aromatic heterocycles. The minimum atomic E-state index is -2.96. The standard InChI is InChI=1S/C12H18N4O3S2/c17-11(14-10-1-8-21(18,19)9-10)15-3-5-16(6-4-15)12-13-2-7-20-12/h2,7,10H,1,3-6,8-9H2,(H,14,17). The Morgan fingerprint density at radius 1 is 1.33 bits per heavy atom. The van der Waals surface area contributed by atoms with Gasteiger partial charge in [-0.25, -0.2) is 18.2 Å². The second kappa shape index (κ2) is 5.80. The van der Waals surface area contributed by atoms with E-state index in [2.05, 4.69) is 15.2 Å². The maximum atomic E-state index is 12.1. The van der Waals surface area contributed by atoms with Gasteiger partial charge < -0.3 is 15.1 Å². The molecule has 7 nitrogen and oxygen atoms in total. The van der Waals surface area contributed by atoms with Crippen LogP contribution in [0.25, 0.3) is 0 Å². The maximum Gasteiger partial charge on any atom is 0.317 e. The molecule has 116 valence electrons. The van der Waals surface area contributed by atoms with Crippen LogP contribution in [0.1, 0.15) is 6.42 Å². The van der Waals surface area contributed by atoms with Crippen molar-refractivity contribution in [2.45, 2.75) is 12.5 Å². The summed E-state index contributed by atoms with van der Waals surface area (Å²) in [6.45, 7) is 2.77. The van der Waals surface area contributed by atoms with E-state index in [0.29, 0.717) is 19.5 Å². The van der Waals surface area contributed by atoms with Gasteiger partial charge in [-0.15, -0.1) is 11.3 Å². The lowest BCUT2D eigenvalue weighted by molar-refractivity contribution is 0.191. The zero-order chi connectivity index (χ0) is 14.9. The molecule has 9 heteroatoms. The van der Waals surface area contributed by atoms with Gasteiger partial charge >= 0.3 is 6.03 Å². The van der Waals surface area contributed by atoms with Crippen molar-refractivity contribution >= 4 is 32.3 Å². The molecule has 2 saturated heterocycles. The van der Waals surface area contributed by atoms with Crippen molar-refractivity contribution in [2.24, 2.45) is 0 Å². The minimum Gasteiger partial charge on any atom is -0.345 e. The van der Waals surface area contributed by atoms with Crippen molar-refractivity contribution in [1.29, 1.82) is 0 Å². The lowest BCUT2D eigenvalue weighted by Gasteiger charge is -2.35. The van der Waals surface area contributed by atoms with E-state index < -0.39 is 9.84 Å². The first-order chi connectivity index (χ1) is 10.0. The number of aromatic nitrogens is 1. The topological polar surface area (TPSA) is 82.6 Å². The third kappa shape index (κ3) is 3.46. The maximum absolute atomic E-state index is 12.1. The predicted octanol–water partition coefficient (Wildman–Crippen LogP) is 0.162. The average molecular weight is 330 g/mol. The van der Waals surface area contributed by atoms with Crippen LogP contribution < -0.4 is 10.2 Å². The lowest BCUT2D eigenvalue weighted by Crippen LogP contribution is -2.53. The first-order valence-corrected chi connectivity index (χ1v) is 9.64. The summed E-state index contributed by atoms with van der Waals surface area (Å²) in [6.07, 6.45) is 2.30. The van der Waals surface area contributed by atoms with Crippen molar-refractivity contribution in [3.63, 3.8) is 0 Å². The molecule has 0 radical (unpaired) electrons. The highest BCUT2D eigenvalue weighted by Crippen LogP contribution is 2.19. The molecule has 1 N–H and O–H groups in total. The number of hydrogen-bond acceptors (Lipinski definition) is 6. The van der Waals surface area contributed by atoms with Crippen LogP contribution >= 0.6 is 11.3 Å². The Hall–Kier alpha value is -1.35. The normalized spacial score (nSPS) is 25.0. The zero-order valence-corrected chi connectivity index (χ0v) is 13.2. The number of urea groups is 1. The largest absolute Gasteiger partial charge is 0.345 e. The van der Waals surface area contributed by atoms with Crippen molar-refractivity contribution < 1.29 is 13.2 Å². The molecule has 2 fully saturated rings. The average Bonchev–Trinajstić information content (AvgIpc) is 3.09. The summed E-state index contributed by atoms with van der Waals surface area (Å²) >= 11 is 1.59. The number of amides is 2. The SMILES string of the molecule is O=C(NC1CCS(=O)(=O)C1)N1CCN(c2nccs2)CC1. The monoisotopic (exact) mass is 330 g/mol. The van der Waals surface area contributed by atoms with Gasteiger partial charge in [0.25, 0.3) is 0 Å². The highest BCUT2D eigenvalue weighted by molar-refractivity contribution is 7.91. The van der Waals surface area contributed by atoms with Crippen LogP contribution in [-0.2, 0) is 9.84 Å².